The van der Waals surface area contributed by atoms with E-state index < -0.39 is 10.8 Å². The van der Waals surface area contributed by atoms with E-state index in [4.69, 9.17) is 4.74 Å². The van der Waals surface area contributed by atoms with Gasteiger partial charge in [-0.15, -0.1) is 0 Å². The Morgan fingerprint density at radius 3 is 1.45 bits per heavy atom. The molecule has 2 N–H and O–H groups in total. The maximum absolute atomic E-state index is 14.9. The smallest absolute Gasteiger partial charge is 0.312 e. The normalized spacial score (nSPS) is 16.5. The van der Waals surface area contributed by atoms with Crippen molar-refractivity contribution in [2.24, 2.45) is 34.5 Å². The molecule has 0 aliphatic rings. The van der Waals surface area contributed by atoms with Crippen LogP contribution in [0.1, 0.15) is 184 Å². The molecule has 0 saturated carbocycles. The molecule has 0 bridgehead atoms. The Hall–Kier alpha value is -0.610. The van der Waals surface area contributed by atoms with Crippen molar-refractivity contribution in [3.05, 3.63) is 0 Å². The highest BCUT2D eigenvalue weighted by molar-refractivity contribution is 5.78. The lowest BCUT2D eigenvalue weighted by atomic mass is 9.54. The molecule has 0 rings (SSSR count). The zero-order chi connectivity index (χ0) is 31.9. The molecule has 0 saturated heterocycles. The number of carbonyl (C=O) groups excluding carboxylic acids is 1. The zero-order valence-electron chi connectivity index (χ0n) is 29.8. The summed E-state index contributed by atoms with van der Waals surface area (Å²) in [6.07, 6.45) is 23.2. The Kier molecular flexibility index (Phi) is 24.3. The number of esters is 1. The summed E-state index contributed by atoms with van der Waals surface area (Å²) in [4.78, 5) is 14.9. The van der Waals surface area contributed by atoms with Crippen LogP contribution in [0, 0.1) is 34.5 Å². The van der Waals surface area contributed by atoms with Crippen LogP contribution in [0.15, 0.2) is 0 Å². The van der Waals surface area contributed by atoms with E-state index in [9.17, 15) is 15.0 Å². The first kappa shape index (κ1) is 41.4. The summed E-state index contributed by atoms with van der Waals surface area (Å²) in [6, 6.07) is 0. The molecule has 0 radical (unpaired) electrons. The average molecular weight is 597 g/mol. The number of hydrogen-bond donors (Lipinski definition) is 2. The molecule has 4 nitrogen and oxygen atoms in total. The third-order valence-electron chi connectivity index (χ3n) is 10.8. The summed E-state index contributed by atoms with van der Waals surface area (Å²) in [7, 11) is 0. The largest absolute Gasteiger partial charge is 0.464 e. The number of carbonyl (C=O) groups is 1. The molecule has 4 atom stereocenters. The van der Waals surface area contributed by atoms with Gasteiger partial charge in [0, 0.05) is 0 Å². The fourth-order valence-electron chi connectivity index (χ4n) is 7.52. The summed E-state index contributed by atoms with van der Waals surface area (Å²) in [5.74, 6) is 1.14. The highest BCUT2D eigenvalue weighted by atomic mass is 16.5. The van der Waals surface area contributed by atoms with Crippen LogP contribution in [0.25, 0.3) is 0 Å². The van der Waals surface area contributed by atoms with Gasteiger partial charge in [0.15, 0.2) is 0 Å². The van der Waals surface area contributed by atoms with Crippen LogP contribution < -0.4 is 0 Å². The van der Waals surface area contributed by atoms with Crippen molar-refractivity contribution in [1.82, 2.24) is 0 Å². The summed E-state index contributed by atoms with van der Waals surface area (Å²) in [5.41, 5.74) is -1.33. The lowest BCUT2D eigenvalue weighted by molar-refractivity contribution is -0.180. The van der Waals surface area contributed by atoms with Crippen molar-refractivity contribution < 1.29 is 19.7 Å². The van der Waals surface area contributed by atoms with Crippen LogP contribution in [0.2, 0.25) is 0 Å². The molecule has 4 heteroatoms. The highest BCUT2D eigenvalue weighted by Gasteiger charge is 2.55. The van der Waals surface area contributed by atoms with Crippen molar-refractivity contribution >= 4 is 5.97 Å². The molecule has 0 aliphatic heterocycles. The lowest BCUT2D eigenvalue weighted by Crippen LogP contribution is -2.53. The van der Waals surface area contributed by atoms with E-state index in [2.05, 4.69) is 48.5 Å². The molecule has 0 aromatic rings. The Morgan fingerprint density at radius 2 is 1.00 bits per heavy atom. The number of aliphatic hydroxyl groups excluding tert-OH is 2. The quantitative estimate of drug-likeness (QED) is 0.0666. The van der Waals surface area contributed by atoms with Crippen LogP contribution in [0.4, 0.5) is 0 Å². The van der Waals surface area contributed by atoms with Gasteiger partial charge >= 0.3 is 5.97 Å². The molecule has 42 heavy (non-hydrogen) atoms. The first-order chi connectivity index (χ1) is 20.2. The minimum absolute atomic E-state index is 0.0476. The molecular formula is C38H76O4. The van der Waals surface area contributed by atoms with Crippen molar-refractivity contribution in [2.45, 2.75) is 184 Å². The van der Waals surface area contributed by atoms with Gasteiger partial charge in [0.05, 0.1) is 24.0 Å². The van der Waals surface area contributed by atoms with E-state index in [1.807, 2.05) is 6.92 Å². The minimum Gasteiger partial charge on any atom is -0.464 e. The number of hydrogen-bond acceptors (Lipinski definition) is 4. The van der Waals surface area contributed by atoms with Crippen LogP contribution in [0.5, 0.6) is 0 Å². The zero-order valence-corrected chi connectivity index (χ0v) is 29.8. The van der Waals surface area contributed by atoms with E-state index in [1.54, 1.807) is 0 Å². The molecule has 0 amide bonds. The monoisotopic (exact) mass is 597 g/mol. The second-order valence-electron chi connectivity index (χ2n) is 14.1. The summed E-state index contributed by atoms with van der Waals surface area (Å²) in [6.45, 7) is 17.9. The van der Waals surface area contributed by atoms with E-state index in [1.165, 1.54) is 89.9 Å². The van der Waals surface area contributed by atoms with Gasteiger partial charge in [-0.3, -0.25) is 4.79 Å². The highest BCUT2D eigenvalue weighted by Crippen LogP contribution is 2.53. The summed E-state index contributed by atoms with van der Waals surface area (Å²) >= 11 is 0. The van der Waals surface area contributed by atoms with E-state index >= 15 is 0 Å². The van der Waals surface area contributed by atoms with Gasteiger partial charge < -0.3 is 14.9 Å². The van der Waals surface area contributed by atoms with Gasteiger partial charge in [-0.1, -0.05) is 158 Å². The summed E-state index contributed by atoms with van der Waals surface area (Å²) < 4.78 is 6.36. The number of ether oxygens (including phenoxy) is 1. The van der Waals surface area contributed by atoms with Crippen LogP contribution >= 0.6 is 0 Å². The summed E-state index contributed by atoms with van der Waals surface area (Å²) in [5, 5.41) is 20.3. The lowest BCUT2D eigenvalue weighted by Gasteiger charge is -2.50. The van der Waals surface area contributed by atoms with Gasteiger partial charge in [-0.2, -0.15) is 0 Å². The second-order valence-corrected chi connectivity index (χ2v) is 14.1. The van der Waals surface area contributed by atoms with Crippen molar-refractivity contribution in [3.8, 4) is 0 Å². The molecule has 0 aromatic heterocycles. The fourth-order valence-corrected chi connectivity index (χ4v) is 7.52. The van der Waals surface area contributed by atoms with Gasteiger partial charge in [0.1, 0.15) is 6.61 Å². The van der Waals surface area contributed by atoms with E-state index in [-0.39, 0.29) is 43.5 Å². The first-order valence-electron chi connectivity index (χ1n) is 18.6. The standard InChI is InChI=1S/C38H76O4/c1-9-14-18-19-20-24-28-35(32(6)25-21-15-10-2)38(33(7)26-22-16-11-3,34(8)27-23-17-12-4)36(41)42-31-37(13-5,29-39)30-40/h32-35,39-40H,9-31H2,1-8H3. The molecule has 0 aromatic carbocycles. The van der Waals surface area contributed by atoms with Crippen LogP contribution in [-0.4, -0.2) is 36.0 Å². The van der Waals surface area contributed by atoms with Gasteiger partial charge in [0.2, 0.25) is 0 Å². The molecule has 0 fully saturated rings. The van der Waals surface area contributed by atoms with Crippen molar-refractivity contribution in [2.75, 3.05) is 19.8 Å². The topological polar surface area (TPSA) is 66.8 Å². The Bertz CT molecular complexity index is 604. The van der Waals surface area contributed by atoms with Crippen LogP contribution in [0.3, 0.4) is 0 Å². The average Bonchev–Trinajstić information content (AvgIpc) is 2.99. The van der Waals surface area contributed by atoms with Gasteiger partial charge in [-0.25, -0.2) is 0 Å². The van der Waals surface area contributed by atoms with Crippen molar-refractivity contribution in [1.29, 1.82) is 0 Å². The molecule has 4 unspecified atom stereocenters. The van der Waals surface area contributed by atoms with Crippen LogP contribution in [-0.2, 0) is 9.53 Å². The maximum atomic E-state index is 14.9. The van der Waals surface area contributed by atoms with Gasteiger partial charge in [-0.05, 0) is 49.4 Å². The molecule has 0 spiro atoms. The SMILES string of the molecule is CCCCCCCCC(C(C)CCCCC)C(C(=O)OCC(CC)(CO)CO)(C(C)CCCCC)C(C)CCCCC. The molecule has 0 heterocycles. The Morgan fingerprint density at radius 1 is 0.595 bits per heavy atom. The minimum atomic E-state index is -0.778. The molecule has 252 valence electrons. The number of rotatable bonds is 29. The maximum Gasteiger partial charge on any atom is 0.312 e. The second kappa shape index (κ2) is 24.7. The predicted octanol–water partition coefficient (Wildman–Crippen LogP) is 10.9. The van der Waals surface area contributed by atoms with Crippen molar-refractivity contribution in [3.63, 3.8) is 0 Å². The molecule has 0 aliphatic carbocycles. The first-order valence-corrected chi connectivity index (χ1v) is 18.6. The third-order valence-corrected chi connectivity index (χ3v) is 10.8. The fraction of sp³-hybridized carbons (Fsp3) is 0.974. The molecular weight excluding hydrogens is 520 g/mol. The van der Waals surface area contributed by atoms with E-state index in [0.717, 1.165) is 32.1 Å². The Labute approximate surface area is 263 Å². The predicted molar refractivity (Wildman–Crippen MR) is 182 cm³/mol. The van der Waals surface area contributed by atoms with E-state index in [0.29, 0.717) is 12.3 Å². The Balaban J connectivity index is 6.74. The third kappa shape index (κ3) is 13.6. The number of aliphatic hydroxyl groups is 2. The van der Waals surface area contributed by atoms with Gasteiger partial charge in [0.25, 0.3) is 0 Å². The number of unbranched alkanes of at least 4 members (excludes halogenated alkanes) is 11.